The minimum Gasteiger partial charge on any atom is -0.300 e. The van der Waals surface area contributed by atoms with Gasteiger partial charge >= 0.3 is 0 Å². The van der Waals surface area contributed by atoms with E-state index in [2.05, 4.69) is 38.0 Å². The Hall–Kier alpha value is -1.75. The minimum absolute atomic E-state index is 0.484. The summed E-state index contributed by atoms with van der Waals surface area (Å²) in [6.45, 7) is 4.76. The van der Waals surface area contributed by atoms with Crippen molar-refractivity contribution in [1.82, 2.24) is 24.9 Å². The summed E-state index contributed by atoms with van der Waals surface area (Å²) in [6.07, 6.45) is 12.3. The fraction of sp³-hybridized carbons (Fsp3) is 0.611. The molecule has 4 rings (SSSR count). The lowest BCUT2D eigenvalue weighted by Crippen LogP contribution is -2.40. The third-order valence-corrected chi connectivity index (χ3v) is 5.34. The molecule has 1 aliphatic carbocycles. The maximum atomic E-state index is 4.36. The van der Waals surface area contributed by atoms with E-state index in [1.807, 2.05) is 18.3 Å². The summed E-state index contributed by atoms with van der Waals surface area (Å²) >= 11 is 0. The Morgan fingerprint density at radius 3 is 2.74 bits per heavy atom. The van der Waals surface area contributed by atoms with E-state index < -0.39 is 0 Å². The van der Waals surface area contributed by atoms with Gasteiger partial charge in [0.1, 0.15) is 5.69 Å². The van der Waals surface area contributed by atoms with Crippen molar-refractivity contribution in [2.45, 2.75) is 51.1 Å². The van der Waals surface area contributed by atoms with Crippen molar-refractivity contribution in [3.05, 3.63) is 30.7 Å². The van der Waals surface area contributed by atoms with E-state index in [0.29, 0.717) is 6.04 Å². The highest BCUT2D eigenvalue weighted by Gasteiger charge is 2.29. The number of aromatic nitrogens is 4. The van der Waals surface area contributed by atoms with Crippen LogP contribution in [0.2, 0.25) is 0 Å². The molecule has 2 aromatic rings. The molecule has 5 nitrogen and oxygen atoms in total. The van der Waals surface area contributed by atoms with Gasteiger partial charge in [-0.3, -0.25) is 4.98 Å². The Labute approximate surface area is 137 Å². The number of piperidine rings is 1. The Morgan fingerprint density at radius 2 is 2.04 bits per heavy atom. The maximum absolute atomic E-state index is 4.36. The fourth-order valence-corrected chi connectivity index (χ4v) is 3.68. The molecule has 1 saturated carbocycles. The van der Waals surface area contributed by atoms with Crippen molar-refractivity contribution in [1.29, 1.82) is 0 Å². The zero-order valence-corrected chi connectivity index (χ0v) is 13.8. The molecule has 3 heterocycles. The normalized spacial score (nSPS) is 21.4. The van der Waals surface area contributed by atoms with Crippen LogP contribution in [-0.2, 0) is 0 Å². The first-order valence-electron chi connectivity index (χ1n) is 8.86. The Bertz CT molecular complexity index is 626. The summed E-state index contributed by atoms with van der Waals surface area (Å²) in [6, 6.07) is 5.19. The van der Waals surface area contributed by atoms with Crippen molar-refractivity contribution in [2.24, 2.45) is 5.92 Å². The standard InChI is InChI=1S/C18H25N5/c1-14(11-15-4-5-15)22-9-6-17(7-10-22)23-13-18(20-21-23)16-3-2-8-19-12-16/h2-3,8,12-15,17H,4-7,9-11H2,1H3. The third kappa shape index (κ3) is 3.44. The van der Waals surface area contributed by atoms with E-state index in [1.165, 1.54) is 45.2 Å². The van der Waals surface area contributed by atoms with E-state index in [-0.39, 0.29) is 0 Å². The van der Waals surface area contributed by atoms with E-state index >= 15 is 0 Å². The van der Waals surface area contributed by atoms with Gasteiger partial charge in [-0.1, -0.05) is 18.1 Å². The molecule has 1 aliphatic heterocycles. The molecule has 2 aliphatic rings. The average molecular weight is 311 g/mol. The van der Waals surface area contributed by atoms with Crippen molar-refractivity contribution in [3.8, 4) is 11.3 Å². The number of hydrogen-bond acceptors (Lipinski definition) is 4. The van der Waals surface area contributed by atoms with Gasteiger partial charge in [0.05, 0.1) is 12.2 Å². The number of nitrogens with zero attached hydrogens (tertiary/aromatic N) is 5. The van der Waals surface area contributed by atoms with Crippen LogP contribution in [0.5, 0.6) is 0 Å². The molecule has 23 heavy (non-hydrogen) atoms. The van der Waals surface area contributed by atoms with Crippen LogP contribution in [0.15, 0.2) is 30.7 Å². The van der Waals surface area contributed by atoms with Gasteiger partial charge in [-0.2, -0.15) is 0 Å². The van der Waals surface area contributed by atoms with Gasteiger partial charge < -0.3 is 4.90 Å². The van der Waals surface area contributed by atoms with Gasteiger partial charge in [-0.25, -0.2) is 4.68 Å². The van der Waals surface area contributed by atoms with Crippen molar-refractivity contribution >= 4 is 0 Å². The average Bonchev–Trinajstić information content (AvgIpc) is 3.27. The predicted molar refractivity (Wildman–Crippen MR) is 89.9 cm³/mol. The number of rotatable bonds is 5. The predicted octanol–water partition coefficient (Wildman–Crippen LogP) is 3.17. The first-order chi connectivity index (χ1) is 11.3. The van der Waals surface area contributed by atoms with Gasteiger partial charge in [0.2, 0.25) is 0 Å². The van der Waals surface area contributed by atoms with Crippen LogP contribution in [0.25, 0.3) is 11.3 Å². The summed E-state index contributed by atoms with van der Waals surface area (Å²) < 4.78 is 2.06. The molecule has 1 unspecified atom stereocenters. The van der Waals surface area contributed by atoms with Crippen LogP contribution in [0, 0.1) is 5.92 Å². The molecule has 0 bridgehead atoms. The van der Waals surface area contributed by atoms with Crippen LogP contribution in [0.3, 0.4) is 0 Å². The summed E-state index contributed by atoms with van der Waals surface area (Å²) in [5.74, 6) is 1.01. The second-order valence-corrected chi connectivity index (χ2v) is 7.12. The van der Waals surface area contributed by atoms with Crippen LogP contribution < -0.4 is 0 Å². The number of hydrogen-bond donors (Lipinski definition) is 0. The van der Waals surface area contributed by atoms with Crippen molar-refractivity contribution < 1.29 is 0 Å². The largest absolute Gasteiger partial charge is 0.300 e. The SMILES string of the molecule is CC(CC1CC1)N1CCC(n2cc(-c3cccnc3)nn2)CC1. The summed E-state index contributed by atoms with van der Waals surface area (Å²) in [5.41, 5.74) is 1.96. The van der Waals surface area contributed by atoms with Crippen LogP contribution in [0.4, 0.5) is 0 Å². The van der Waals surface area contributed by atoms with Crippen LogP contribution in [0.1, 0.15) is 45.1 Å². The molecule has 0 aromatic carbocycles. The molecule has 0 spiro atoms. The Balaban J connectivity index is 1.36. The lowest BCUT2D eigenvalue weighted by atomic mass is 10.0. The highest BCUT2D eigenvalue weighted by molar-refractivity contribution is 5.55. The first kappa shape index (κ1) is 14.8. The second kappa shape index (κ2) is 6.40. The second-order valence-electron chi connectivity index (χ2n) is 7.12. The number of likely N-dealkylation sites (tertiary alicyclic amines) is 1. The van der Waals surface area contributed by atoms with E-state index in [1.54, 1.807) is 6.20 Å². The minimum atomic E-state index is 0.484. The van der Waals surface area contributed by atoms with Crippen LogP contribution >= 0.6 is 0 Å². The number of pyridine rings is 1. The van der Waals surface area contributed by atoms with E-state index in [0.717, 1.165) is 23.2 Å². The molecule has 1 atom stereocenters. The van der Waals surface area contributed by atoms with Crippen LogP contribution in [-0.4, -0.2) is 44.0 Å². The molecule has 5 heteroatoms. The molecule has 0 amide bonds. The molecular formula is C18H25N5. The summed E-state index contributed by atoms with van der Waals surface area (Å²) in [4.78, 5) is 6.82. The smallest absolute Gasteiger partial charge is 0.114 e. The Morgan fingerprint density at radius 1 is 1.22 bits per heavy atom. The van der Waals surface area contributed by atoms with E-state index in [9.17, 15) is 0 Å². The topological polar surface area (TPSA) is 46.8 Å². The van der Waals surface area contributed by atoms with Gasteiger partial charge in [0, 0.05) is 37.1 Å². The molecule has 2 fully saturated rings. The lowest BCUT2D eigenvalue weighted by Gasteiger charge is -2.36. The maximum Gasteiger partial charge on any atom is 0.114 e. The zero-order valence-electron chi connectivity index (χ0n) is 13.8. The summed E-state index contributed by atoms with van der Waals surface area (Å²) in [7, 11) is 0. The summed E-state index contributed by atoms with van der Waals surface area (Å²) in [5, 5.41) is 8.69. The van der Waals surface area contributed by atoms with Gasteiger partial charge in [0.15, 0.2) is 0 Å². The zero-order chi connectivity index (χ0) is 15.6. The molecule has 122 valence electrons. The Kier molecular flexibility index (Phi) is 4.12. The van der Waals surface area contributed by atoms with Gasteiger partial charge in [0.25, 0.3) is 0 Å². The monoisotopic (exact) mass is 311 g/mol. The van der Waals surface area contributed by atoms with Gasteiger partial charge in [-0.05, 0) is 44.2 Å². The molecule has 2 aromatic heterocycles. The quantitative estimate of drug-likeness (QED) is 0.851. The third-order valence-electron chi connectivity index (χ3n) is 5.34. The highest BCUT2D eigenvalue weighted by atomic mass is 15.4. The van der Waals surface area contributed by atoms with Crippen molar-refractivity contribution in [2.75, 3.05) is 13.1 Å². The van der Waals surface area contributed by atoms with E-state index in [4.69, 9.17) is 0 Å². The molecular weight excluding hydrogens is 286 g/mol. The molecule has 0 radical (unpaired) electrons. The highest BCUT2D eigenvalue weighted by Crippen LogP contribution is 2.35. The fourth-order valence-electron chi connectivity index (χ4n) is 3.68. The lowest BCUT2D eigenvalue weighted by molar-refractivity contribution is 0.129. The first-order valence-corrected chi connectivity index (χ1v) is 8.86. The molecule has 1 saturated heterocycles. The van der Waals surface area contributed by atoms with Gasteiger partial charge in [-0.15, -0.1) is 5.10 Å². The van der Waals surface area contributed by atoms with Crippen molar-refractivity contribution in [3.63, 3.8) is 0 Å². The molecule has 0 N–H and O–H groups in total.